The number of hydrogen-bond acceptors (Lipinski definition) is 4. The number of hydrogen-bond donors (Lipinski definition) is 1. The van der Waals surface area contributed by atoms with Crippen LogP contribution in [0.1, 0.15) is 35.1 Å². The summed E-state index contributed by atoms with van der Waals surface area (Å²) >= 11 is 0. The summed E-state index contributed by atoms with van der Waals surface area (Å²) in [7, 11) is 0. The van der Waals surface area contributed by atoms with E-state index in [-0.39, 0.29) is 12.3 Å². The Morgan fingerprint density at radius 3 is 2.74 bits per heavy atom. The largest absolute Gasteiger partial charge is 0.490 e. The number of aliphatic imine (C=N–C) groups is 1. The summed E-state index contributed by atoms with van der Waals surface area (Å²) in [6, 6.07) is 12.1. The smallest absolute Gasteiger partial charge is 0.226 e. The van der Waals surface area contributed by atoms with Gasteiger partial charge in [-0.1, -0.05) is 24.3 Å². The van der Waals surface area contributed by atoms with Gasteiger partial charge >= 0.3 is 0 Å². The van der Waals surface area contributed by atoms with Gasteiger partial charge in [-0.05, 0) is 42.2 Å². The number of carbonyl (C=O) groups is 1. The van der Waals surface area contributed by atoms with Crippen LogP contribution in [0.4, 0.5) is 0 Å². The molecule has 0 bridgehead atoms. The van der Waals surface area contributed by atoms with Crippen LogP contribution in [0.2, 0.25) is 0 Å². The van der Waals surface area contributed by atoms with E-state index >= 15 is 0 Å². The molecule has 0 aromatic heterocycles. The SMILES string of the molecule is Cc1ccccc1CNC(=O)CC1=NCCc2cc3c(cc21)OCCCO3. The van der Waals surface area contributed by atoms with Crippen molar-refractivity contribution < 1.29 is 14.3 Å². The summed E-state index contributed by atoms with van der Waals surface area (Å²) in [5.74, 6) is 1.54. The molecule has 0 unspecified atom stereocenters. The molecular weight excluding hydrogens is 340 g/mol. The number of fused-ring (bicyclic) bond motifs is 2. The molecule has 0 radical (unpaired) electrons. The number of benzene rings is 2. The summed E-state index contributed by atoms with van der Waals surface area (Å²) in [4.78, 5) is 17.1. The van der Waals surface area contributed by atoms with Gasteiger partial charge in [0.2, 0.25) is 5.91 Å². The van der Waals surface area contributed by atoms with E-state index in [0.29, 0.717) is 26.3 Å². The number of nitrogens with one attached hydrogen (secondary N) is 1. The first kappa shape index (κ1) is 17.6. The minimum Gasteiger partial charge on any atom is -0.490 e. The van der Waals surface area contributed by atoms with Crippen molar-refractivity contribution in [2.75, 3.05) is 19.8 Å². The molecule has 0 saturated carbocycles. The molecule has 2 heterocycles. The maximum atomic E-state index is 12.5. The molecule has 5 heteroatoms. The zero-order valence-electron chi connectivity index (χ0n) is 15.6. The average Bonchev–Trinajstić information content (AvgIpc) is 2.91. The predicted molar refractivity (Wildman–Crippen MR) is 105 cm³/mol. The van der Waals surface area contributed by atoms with Crippen LogP contribution in [0, 0.1) is 6.92 Å². The van der Waals surface area contributed by atoms with Gasteiger partial charge in [-0.25, -0.2) is 0 Å². The fraction of sp³-hybridized carbons (Fsp3) is 0.364. The first-order valence-electron chi connectivity index (χ1n) is 9.48. The lowest BCUT2D eigenvalue weighted by atomic mass is 9.95. The molecule has 140 valence electrons. The summed E-state index contributed by atoms with van der Waals surface area (Å²) < 4.78 is 11.6. The predicted octanol–water partition coefficient (Wildman–Crippen LogP) is 3.21. The first-order chi connectivity index (χ1) is 13.2. The highest BCUT2D eigenvalue weighted by atomic mass is 16.5. The highest BCUT2D eigenvalue weighted by Gasteiger charge is 2.21. The Morgan fingerprint density at radius 1 is 1.15 bits per heavy atom. The number of amides is 1. The van der Waals surface area contributed by atoms with E-state index in [9.17, 15) is 4.79 Å². The third-order valence-electron chi connectivity index (χ3n) is 5.03. The molecule has 2 aromatic carbocycles. The van der Waals surface area contributed by atoms with E-state index in [1.54, 1.807) is 0 Å². The molecule has 0 spiro atoms. The Hall–Kier alpha value is -2.82. The van der Waals surface area contributed by atoms with Crippen molar-refractivity contribution >= 4 is 11.6 Å². The summed E-state index contributed by atoms with van der Waals surface area (Å²) in [6.07, 6.45) is 2.01. The van der Waals surface area contributed by atoms with E-state index < -0.39 is 0 Å². The lowest BCUT2D eigenvalue weighted by Crippen LogP contribution is -2.27. The Labute approximate surface area is 159 Å². The van der Waals surface area contributed by atoms with Gasteiger partial charge in [0.25, 0.3) is 0 Å². The van der Waals surface area contributed by atoms with Crippen LogP contribution in [0.3, 0.4) is 0 Å². The Morgan fingerprint density at radius 2 is 1.93 bits per heavy atom. The van der Waals surface area contributed by atoms with E-state index in [0.717, 1.165) is 41.2 Å². The second-order valence-corrected chi connectivity index (χ2v) is 6.96. The molecule has 4 rings (SSSR count). The van der Waals surface area contributed by atoms with Gasteiger partial charge in [-0.15, -0.1) is 0 Å². The monoisotopic (exact) mass is 364 g/mol. The molecule has 0 fully saturated rings. The van der Waals surface area contributed by atoms with Crippen LogP contribution in [0.25, 0.3) is 0 Å². The van der Waals surface area contributed by atoms with E-state index in [1.165, 1.54) is 11.1 Å². The Bertz CT molecular complexity index is 889. The number of aryl methyl sites for hydroxylation is 1. The third kappa shape index (κ3) is 3.97. The van der Waals surface area contributed by atoms with Crippen molar-refractivity contribution in [3.8, 4) is 11.5 Å². The highest BCUT2D eigenvalue weighted by molar-refractivity contribution is 6.12. The average molecular weight is 364 g/mol. The highest BCUT2D eigenvalue weighted by Crippen LogP contribution is 2.34. The molecular formula is C22H24N2O3. The minimum atomic E-state index is -0.0167. The number of carbonyl (C=O) groups excluding carboxylic acids is 1. The fourth-order valence-electron chi connectivity index (χ4n) is 3.49. The number of ether oxygens (including phenoxy) is 2. The molecule has 5 nitrogen and oxygen atoms in total. The van der Waals surface area contributed by atoms with Crippen molar-refractivity contribution in [1.82, 2.24) is 5.32 Å². The van der Waals surface area contributed by atoms with Crippen LogP contribution in [-0.2, 0) is 17.8 Å². The van der Waals surface area contributed by atoms with Crippen molar-refractivity contribution in [1.29, 1.82) is 0 Å². The van der Waals surface area contributed by atoms with Crippen LogP contribution < -0.4 is 14.8 Å². The van der Waals surface area contributed by atoms with Gasteiger partial charge in [0, 0.05) is 25.1 Å². The molecule has 0 aliphatic carbocycles. The molecule has 2 aliphatic rings. The second kappa shape index (κ2) is 7.82. The zero-order valence-corrected chi connectivity index (χ0v) is 15.6. The van der Waals surface area contributed by atoms with Gasteiger partial charge in [0.05, 0.1) is 25.3 Å². The normalized spacial score (nSPS) is 15.4. The maximum absolute atomic E-state index is 12.5. The topological polar surface area (TPSA) is 59.9 Å². The lowest BCUT2D eigenvalue weighted by molar-refractivity contribution is -0.120. The molecule has 0 atom stereocenters. The van der Waals surface area contributed by atoms with Crippen molar-refractivity contribution in [2.24, 2.45) is 4.99 Å². The Kier molecular flexibility index (Phi) is 5.10. The molecule has 27 heavy (non-hydrogen) atoms. The quantitative estimate of drug-likeness (QED) is 0.906. The molecule has 2 aliphatic heterocycles. The summed E-state index contributed by atoms with van der Waals surface area (Å²) in [5.41, 5.74) is 5.33. The Balaban J connectivity index is 1.47. The molecule has 1 N–H and O–H groups in total. The number of nitrogens with zero attached hydrogens (tertiary/aromatic N) is 1. The molecule has 1 amide bonds. The molecule has 2 aromatic rings. The van der Waals surface area contributed by atoms with Gasteiger partial charge in [-0.3, -0.25) is 9.79 Å². The first-order valence-corrected chi connectivity index (χ1v) is 9.48. The second-order valence-electron chi connectivity index (χ2n) is 6.96. The zero-order chi connectivity index (χ0) is 18.6. The van der Waals surface area contributed by atoms with Crippen LogP contribution in [0.15, 0.2) is 41.4 Å². The van der Waals surface area contributed by atoms with E-state index in [4.69, 9.17) is 9.47 Å². The van der Waals surface area contributed by atoms with Crippen molar-refractivity contribution in [2.45, 2.75) is 32.7 Å². The lowest BCUT2D eigenvalue weighted by Gasteiger charge is -2.19. The standard InChI is InChI=1S/C22H24N2O3/c1-15-5-2-3-6-17(15)14-24-22(25)13-19-18-12-21-20(26-9-4-10-27-21)11-16(18)7-8-23-19/h2-3,5-6,11-12H,4,7-10,13-14H2,1H3,(H,24,25). The van der Waals surface area contributed by atoms with Gasteiger partial charge in [-0.2, -0.15) is 0 Å². The van der Waals surface area contributed by atoms with E-state index in [1.807, 2.05) is 24.3 Å². The van der Waals surface area contributed by atoms with E-state index in [2.05, 4.69) is 29.4 Å². The van der Waals surface area contributed by atoms with Gasteiger partial charge in [0.1, 0.15) is 0 Å². The van der Waals surface area contributed by atoms with Crippen molar-refractivity contribution in [3.63, 3.8) is 0 Å². The van der Waals surface area contributed by atoms with Gasteiger partial charge < -0.3 is 14.8 Å². The summed E-state index contributed by atoms with van der Waals surface area (Å²) in [6.45, 7) is 4.61. The fourth-order valence-corrected chi connectivity index (χ4v) is 3.49. The van der Waals surface area contributed by atoms with Crippen LogP contribution in [-0.4, -0.2) is 31.4 Å². The summed E-state index contributed by atoms with van der Waals surface area (Å²) in [5, 5.41) is 3.01. The minimum absolute atomic E-state index is 0.0167. The van der Waals surface area contributed by atoms with Crippen LogP contribution >= 0.6 is 0 Å². The number of rotatable bonds is 4. The molecule has 0 saturated heterocycles. The van der Waals surface area contributed by atoms with Crippen LogP contribution in [0.5, 0.6) is 11.5 Å². The van der Waals surface area contributed by atoms with Gasteiger partial charge in [0.15, 0.2) is 11.5 Å². The van der Waals surface area contributed by atoms with Crippen molar-refractivity contribution in [3.05, 3.63) is 58.7 Å². The third-order valence-corrected chi connectivity index (χ3v) is 5.03. The maximum Gasteiger partial charge on any atom is 0.226 e.